The smallest absolute Gasteiger partial charge is 0.132 e. The van der Waals surface area contributed by atoms with Crippen LogP contribution in [-0.4, -0.2) is 34.0 Å². The van der Waals surface area contributed by atoms with Crippen molar-refractivity contribution in [2.24, 2.45) is 0 Å². The zero-order valence-corrected chi connectivity index (χ0v) is 19.0. The Kier molecular flexibility index (Phi) is 9.93. The van der Waals surface area contributed by atoms with Gasteiger partial charge in [0.15, 0.2) is 0 Å². The maximum atomic E-state index is 12.1. The molecule has 0 radical (unpaired) electrons. The molecular formula is C27H36N2O. The number of hydrogen-bond donors (Lipinski definition) is 0. The van der Waals surface area contributed by atoms with Crippen LogP contribution in [0.15, 0.2) is 60.7 Å². The topological polar surface area (TPSA) is 23.6 Å². The Balaban J connectivity index is 1.57. The summed E-state index contributed by atoms with van der Waals surface area (Å²) in [5, 5.41) is 0. The Morgan fingerprint density at radius 1 is 0.667 bits per heavy atom. The van der Waals surface area contributed by atoms with Gasteiger partial charge >= 0.3 is 0 Å². The van der Waals surface area contributed by atoms with E-state index in [2.05, 4.69) is 82.6 Å². The molecule has 0 aliphatic heterocycles. The number of ketones is 1. The molecule has 0 aliphatic rings. The average Bonchev–Trinajstić information content (AvgIpc) is 2.74. The Bertz CT molecular complexity index is 745. The highest BCUT2D eigenvalue weighted by molar-refractivity contribution is 5.78. The Hall–Kier alpha value is -2.81. The number of allylic oxidation sites excluding steroid dienone is 2. The molecule has 2 rings (SSSR count). The Morgan fingerprint density at radius 3 is 1.37 bits per heavy atom. The summed E-state index contributed by atoms with van der Waals surface area (Å²) >= 11 is 0. The molecule has 0 saturated heterocycles. The molecule has 0 unspecified atom stereocenters. The number of unbranched alkanes of at least 4 members (excludes halogenated alkanes) is 2. The van der Waals surface area contributed by atoms with Gasteiger partial charge in [-0.25, -0.2) is 0 Å². The molecule has 3 nitrogen and oxygen atoms in total. The molecule has 0 atom stereocenters. The molecule has 30 heavy (non-hydrogen) atoms. The van der Waals surface area contributed by atoms with E-state index in [4.69, 9.17) is 0 Å². The fraction of sp³-hybridized carbons (Fsp3) is 0.370. The van der Waals surface area contributed by atoms with Gasteiger partial charge in [0.2, 0.25) is 0 Å². The van der Waals surface area contributed by atoms with Crippen molar-refractivity contribution < 1.29 is 4.79 Å². The van der Waals surface area contributed by atoms with Gasteiger partial charge in [-0.05, 0) is 61.1 Å². The summed E-state index contributed by atoms with van der Waals surface area (Å²) in [6, 6.07) is 17.0. The summed E-state index contributed by atoms with van der Waals surface area (Å²) in [5.41, 5.74) is 4.81. The second-order valence-electron chi connectivity index (χ2n) is 8.10. The summed E-state index contributed by atoms with van der Waals surface area (Å²) in [4.78, 5) is 16.2. The molecule has 0 bridgehead atoms. The summed E-state index contributed by atoms with van der Waals surface area (Å²) < 4.78 is 0. The van der Waals surface area contributed by atoms with Crippen LogP contribution in [0, 0.1) is 0 Å². The molecule has 0 aromatic heterocycles. The number of carbonyl (C=O) groups is 1. The van der Waals surface area contributed by atoms with Crippen LogP contribution in [0.2, 0.25) is 0 Å². The number of carbonyl (C=O) groups excluding carboxylic acids is 1. The predicted molar refractivity (Wildman–Crippen MR) is 132 cm³/mol. The third-order valence-electron chi connectivity index (χ3n) is 5.09. The van der Waals surface area contributed by atoms with Gasteiger partial charge in [-0.1, -0.05) is 48.6 Å². The minimum absolute atomic E-state index is 0.377. The fourth-order valence-electron chi connectivity index (χ4n) is 3.17. The number of hydrogen-bond acceptors (Lipinski definition) is 3. The lowest BCUT2D eigenvalue weighted by Crippen LogP contribution is -2.07. The van der Waals surface area contributed by atoms with Crippen LogP contribution in [0.1, 0.15) is 49.7 Å². The monoisotopic (exact) mass is 404 g/mol. The van der Waals surface area contributed by atoms with Crippen LogP contribution in [0.5, 0.6) is 0 Å². The van der Waals surface area contributed by atoms with Crippen LogP contribution in [0.25, 0.3) is 12.2 Å². The fourth-order valence-corrected chi connectivity index (χ4v) is 3.17. The minimum Gasteiger partial charge on any atom is -0.378 e. The lowest BCUT2D eigenvalue weighted by molar-refractivity contribution is -0.119. The van der Waals surface area contributed by atoms with Crippen molar-refractivity contribution in [3.05, 3.63) is 71.8 Å². The first-order chi connectivity index (χ1) is 14.5. The third kappa shape index (κ3) is 8.69. The van der Waals surface area contributed by atoms with Crippen LogP contribution in [-0.2, 0) is 4.79 Å². The molecule has 0 aliphatic carbocycles. The molecule has 0 N–H and O–H groups in total. The van der Waals surface area contributed by atoms with Crippen molar-refractivity contribution >= 4 is 29.3 Å². The molecule has 0 amide bonds. The van der Waals surface area contributed by atoms with E-state index in [1.807, 2.05) is 28.2 Å². The molecule has 160 valence electrons. The van der Waals surface area contributed by atoms with Crippen molar-refractivity contribution in [1.82, 2.24) is 0 Å². The minimum atomic E-state index is 0.377. The summed E-state index contributed by atoms with van der Waals surface area (Å²) in [5.74, 6) is 0.377. The van der Waals surface area contributed by atoms with Gasteiger partial charge in [-0.2, -0.15) is 0 Å². The first-order valence-corrected chi connectivity index (χ1v) is 10.9. The van der Waals surface area contributed by atoms with Crippen molar-refractivity contribution in [2.75, 3.05) is 38.0 Å². The number of rotatable bonds is 12. The second-order valence-corrected chi connectivity index (χ2v) is 8.10. The second kappa shape index (κ2) is 12.7. The van der Waals surface area contributed by atoms with Gasteiger partial charge in [0.25, 0.3) is 0 Å². The number of anilines is 2. The van der Waals surface area contributed by atoms with Crippen LogP contribution < -0.4 is 9.80 Å². The first kappa shape index (κ1) is 23.5. The first-order valence-electron chi connectivity index (χ1n) is 10.9. The van der Waals surface area contributed by atoms with E-state index in [0.717, 1.165) is 25.7 Å². The number of nitrogens with zero attached hydrogens (tertiary/aromatic N) is 2. The van der Waals surface area contributed by atoms with E-state index >= 15 is 0 Å². The summed E-state index contributed by atoms with van der Waals surface area (Å²) in [6.07, 6.45) is 13.7. The quantitative estimate of drug-likeness (QED) is 0.380. The van der Waals surface area contributed by atoms with E-state index in [9.17, 15) is 4.79 Å². The van der Waals surface area contributed by atoms with Gasteiger partial charge in [0.05, 0.1) is 0 Å². The van der Waals surface area contributed by atoms with E-state index in [0.29, 0.717) is 18.6 Å². The molecule has 2 aromatic rings. The normalized spacial score (nSPS) is 11.3. The van der Waals surface area contributed by atoms with Crippen molar-refractivity contribution in [2.45, 2.75) is 38.5 Å². The highest BCUT2D eigenvalue weighted by atomic mass is 16.1. The molecule has 0 saturated carbocycles. The van der Waals surface area contributed by atoms with Crippen LogP contribution in [0.3, 0.4) is 0 Å². The van der Waals surface area contributed by atoms with Crippen molar-refractivity contribution in [3.63, 3.8) is 0 Å². The summed E-state index contributed by atoms with van der Waals surface area (Å²) in [6.45, 7) is 0. The predicted octanol–water partition coefficient (Wildman–Crippen LogP) is 6.45. The average molecular weight is 405 g/mol. The van der Waals surface area contributed by atoms with Crippen molar-refractivity contribution in [1.29, 1.82) is 0 Å². The molecular weight excluding hydrogens is 368 g/mol. The Morgan fingerprint density at radius 2 is 1.03 bits per heavy atom. The van der Waals surface area contributed by atoms with Crippen LogP contribution in [0.4, 0.5) is 11.4 Å². The largest absolute Gasteiger partial charge is 0.378 e. The van der Waals surface area contributed by atoms with Gasteiger partial charge < -0.3 is 9.80 Å². The molecule has 0 heterocycles. The zero-order chi connectivity index (χ0) is 21.8. The van der Waals surface area contributed by atoms with Gasteiger partial charge in [0, 0.05) is 52.4 Å². The van der Waals surface area contributed by atoms with Gasteiger partial charge in [-0.15, -0.1) is 0 Å². The number of Topliss-reactive ketones (excluding diaryl/α,β-unsaturated/α-hetero) is 1. The SMILES string of the molecule is CN(C)c1ccc(C=CCCCC(=O)CCCC=Cc2ccc(N(C)C)cc2)cc1. The van der Waals surface area contributed by atoms with E-state index in [1.165, 1.54) is 22.5 Å². The lowest BCUT2D eigenvalue weighted by Gasteiger charge is -2.11. The maximum absolute atomic E-state index is 12.1. The highest BCUT2D eigenvalue weighted by Crippen LogP contribution is 2.15. The third-order valence-corrected chi connectivity index (χ3v) is 5.09. The van der Waals surface area contributed by atoms with E-state index in [1.54, 1.807) is 0 Å². The van der Waals surface area contributed by atoms with Gasteiger partial charge in [0.1, 0.15) is 5.78 Å². The van der Waals surface area contributed by atoms with Crippen LogP contribution >= 0.6 is 0 Å². The Labute approximate surface area is 182 Å². The zero-order valence-electron chi connectivity index (χ0n) is 19.0. The molecule has 2 aromatic carbocycles. The van der Waals surface area contributed by atoms with Crippen molar-refractivity contribution in [3.8, 4) is 0 Å². The lowest BCUT2D eigenvalue weighted by atomic mass is 10.1. The van der Waals surface area contributed by atoms with E-state index < -0.39 is 0 Å². The maximum Gasteiger partial charge on any atom is 0.132 e. The molecule has 3 heteroatoms. The molecule has 0 spiro atoms. The summed E-state index contributed by atoms with van der Waals surface area (Å²) in [7, 11) is 8.18. The van der Waals surface area contributed by atoms with E-state index in [-0.39, 0.29) is 0 Å². The standard InChI is InChI=1S/C27H36N2O/c1-28(2)25-19-15-23(16-20-25)11-7-5-9-13-27(30)14-10-6-8-12-24-17-21-26(22-18-24)29(3)4/h7-8,11-12,15-22H,5-6,9-10,13-14H2,1-4H3. The molecule has 0 fully saturated rings. The van der Waals surface area contributed by atoms with Gasteiger partial charge in [-0.3, -0.25) is 4.79 Å². The highest BCUT2D eigenvalue weighted by Gasteiger charge is 2.00. The number of benzene rings is 2.